The molecule has 0 saturated carbocycles. The Bertz CT molecular complexity index is 358. The fraction of sp³-hybridized carbons (Fsp3) is 0.625. The van der Waals surface area contributed by atoms with Crippen molar-refractivity contribution in [3.63, 3.8) is 0 Å². The van der Waals surface area contributed by atoms with Crippen LogP contribution in [0.1, 0.15) is 43.4 Å². The minimum atomic E-state index is 0.563. The Hall–Kier alpha value is -0.860. The summed E-state index contributed by atoms with van der Waals surface area (Å²) in [6.07, 6.45) is 1.10. The van der Waals surface area contributed by atoms with Gasteiger partial charge in [-0.15, -0.1) is 0 Å². The van der Waals surface area contributed by atoms with Crippen LogP contribution in [0.5, 0.6) is 0 Å². The van der Waals surface area contributed by atoms with E-state index in [0.29, 0.717) is 11.8 Å². The third kappa shape index (κ3) is 4.79. The van der Waals surface area contributed by atoms with Crippen LogP contribution in [0.25, 0.3) is 0 Å². The van der Waals surface area contributed by atoms with Gasteiger partial charge in [-0.2, -0.15) is 0 Å². The molecule has 0 spiro atoms. The van der Waals surface area contributed by atoms with E-state index in [9.17, 15) is 0 Å². The molecule has 102 valence electrons. The van der Waals surface area contributed by atoms with Gasteiger partial charge in [0.25, 0.3) is 0 Å². The average molecular weight is 248 g/mol. The predicted molar refractivity (Wildman–Crippen MR) is 80.1 cm³/mol. The van der Waals surface area contributed by atoms with Gasteiger partial charge in [-0.25, -0.2) is 0 Å². The molecule has 1 aromatic carbocycles. The summed E-state index contributed by atoms with van der Waals surface area (Å²) in [6.45, 7) is 11.7. The van der Waals surface area contributed by atoms with E-state index in [1.165, 1.54) is 16.7 Å². The lowest BCUT2D eigenvalue weighted by molar-refractivity contribution is 0.524. The molecule has 0 saturated heterocycles. The standard InChI is InChI=1S/C16H28N2/c1-12(2)15-6-5-14(4)16(9-15)7-8-18-11-13(3)10-17/h5-6,9,12-13,18H,7-8,10-11,17H2,1-4H3. The first-order chi connectivity index (χ1) is 8.54. The van der Waals surface area contributed by atoms with E-state index in [1.54, 1.807) is 0 Å². The summed E-state index contributed by atoms with van der Waals surface area (Å²) in [6, 6.07) is 6.84. The normalized spacial score (nSPS) is 13.0. The fourth-order valence-electron chi connectivity index (χ4n) is 1.97. The molecule has 0 fully saturated rings. The molecule has 18 heavy (non-hydrogen) atoms. The third-order valence-electron chi connectivity index (χ3n) is 3.51. The van der Waals surface area contributed by atoms with Gasteiger partial charge < -0.3 is 11.1 Å². The van der Waals surface area contributed by atoms with Crippen molar-refractivity contribution in [1.29, 1.82) is 0 Å². The first kappa shape index (κ1) is 15.2. The Morgan fingerprint density at radius 1 is 1.22 bits per heavy atom. The van der Waals surface area contributed by atoms with Gasteiger partial charge in [0.1, 0.15) is 0 Å². The second kappa shape index (κ2) is 7.55. The zero-order valence-corrected chi connectivity index (χ0v) is 12.3. The minimum Gasteiger partial charge on any atom is -0.330 e. The van der Waals surface area contributed by atoms with Crippen LogP contribution in [-0.2, 0) is 6.42 Å². The van der Waals surface area contributed by atoms with Crippen molar-refractivity contribution in [1.82, 2.24) is 5.32 Å². The lowest BCUT2D eigenvalue weighted by Crippen LogP contribution is -2.27. The second-order valence-corrected chi connectivity index (χ2v) is 5.64. The number of nitrogens with two attached hydrogens (primary N) is 1. The summed E-state index contributed by atoms with van der Waals surface area (Å²) >= 11 is 0. The van der Waals surface area contributed by atoms with Crippen molar-refractivity contribution in [3.05, 3.63) is 34.9 Å². The Morgan fingerprint density at radius 2 is 1.94 bits per heavy atom. The maximum absolute atomic E-state index is 5.60. The third-order valence-corrected chi connectivity index (χ3v) is 3.51. The van der Waals surface area contributed by atoms with Gasteiger partial charge in [-0.05, 0) is 61.5 Å². The molecular weight excluding hydrogens is 220 g/mol. The molecular formula is C16H28N2. The molecule has 2 nitrogen and oxygen atoms in total. The maximum Gasteiger partial charge on any atom is -0.000813 e. The molecule has 1 unspecified atom stereocenters. The van der Waals surface area contributed by atoms with Gasteiger partial charge in [-0.1, -0.05) is 39.0 Å². The first-order valence-corrected chi connectivity index (χ1v) is 7.04. The highest BCUT2D eigenvalue weighted by molar-refractivity contribution is 5.32. The van der Waals surface area contributed by atoms with Crippen molar-refractivity contribution in [2.45, 2.75) is 40.0 Å². The van der Waals surface area contributed by atoms with Crippen LogP contribution in [-0.4, -0.2) is 19.6 Å². The van der Waals surface area contributed by atoms with Crippen LogP contribution in [0.4, 0.5) is 0 Å². The molecule has 0 amide bonds. The van der Waals surface area contributed by atoms with Crippen LogP contribution in [0.15, 0.2) is 18.2 Å². The van der Waals surface area contributed by atoms with Crippen molar-refractivity contribution in [2.24, 2.45) is 11.7 Å². The molecule has 0 heterocycles. The van der Waals surface area contributed by atoms with E-state index in [-0.39, 0.29) is 0 Å². The summed E-state index contributed by atoms with van der Waals surface area (Å²) in [5.41, 5.74) is 9.90. The quantitative estimate of drug-likeness (QED) is 0.728. The topological polar surface area (TPSA) is 38.0 Å². The van der Waals surface area contributed by atoms with E-state index in [0.717, 1.165) is 26.1 Å². The number of nitrogens with one attached hydrogen (secondary N) is 1. The van der Waals surface area contributed by atoms with Crippen molar-refractivity contribution >= 4 is 0 Å². The molecule has 1 aromatic rings. The van der Waals surface area contributed by atoms with Crippen LogP contribution in [0, 0.1) is 12.8 Å². The molecule has 1 rings (SSSR count). The predicted octanol–water partition coefficient (Wildman–Crippen LogP) is 2.85. The molecule has 0 aliphatic rings. The number of benzene rings is 1. The fourth-order valence-corrected chi connectivity index (χ4v) is 1.97. The molecule has 0 aromatic heterocycles. The Kier molecular flexibility index (Phi) is 6.37. The number of rotatable bonds is 7. The van der Waals surface area contributed by atoms with Crippen molar-refractivity contribution in [3.8, 4) is 0 Å². The number of hydrogen-bond donors (Lipinski definition) is 2. The lowest BCUT2D eigenvalue weighted by Gasteiger charge is -2.13. The van der Waals surface area contributed by atoms with Gasteiger partial charge in [0.15, 0.2) is 0 Å². The Balaban J connectivity index is 2.48. The van der Waals surface area contributed by atoms with Gasteiger partial charge in [0, 0.05) is 0 Å². The maximum atomic E-state index is 5.60. The number of aryl methyl sites for hydroxylation is 1. The SMILES string of the molecule is Cc1ccc(C(C)C)cc1CCNCC(C)CN. The molecule has 2 heteroatoms. The molecule has 1 atom stereocenters. The van der Waals surface area contributed by atoms with E-state index in [4.69, 9.17) is 5.73 Å². The Labute approximate surface area is 112 Å². The highest BCUT2D eigenvalue weighted by Crippen LogP contribution is 2.18. The van der Waals surface area contributed by atoms with Crippen LogP contribution >= 0.6 is 0 Å². The van der Waals surface area contributed by atoms with Crippen LogP contribution < -0.4 is 11.1 Å². The Morgan fingerprint density at radius 3 is 2.56 bits per heavy atom. The molecule has 0 radical (unpaired) electrons. The van der Waals surface area contributed by atoms with Gasteiger partial charge >= 0.3 is 0 Å². The second-order valence-electron chi connectivity index (χ2n) is 5.64. The summed E-state index contributed by atoms with van der Waals surface area (Å²) in [5, 5.41) is 3.48. The first-order valence-electron chi connectivity index (χ1n) is 7.04. The molecule has 0 aliphatic heterocycles. The minimum absolute atomic E-state index is 0.563. The van der Waals surface area contributed by atoms with Gasteiger partial charge in [0.2, 0.25) is 0 Å². The largest absolute Gasteiger partial charge is 0.330 e. The smallest absolute Gasteiger partial charge is 0.000813 e. The van der Waals surface area contributed by atoms with Gasteiger partial charge in [-0.3, -0.25) is 0 Å². The highest BCUT2D eigenvalue weighted by Gasteiger charge is 2.04. The summed E-state index contributed by atoms with van der Waals surface area (Å²) in [7, 11) is 0. The zero-order valence-electron chi connectivity index (χ0n) is 12.3. The number of hydrogen-bond acceptors (Lipinski definition) is 2. The summed E-state index contributed by atoms with van der Waals surface area (Å²) in [4.78, 5) is 0. The van der Waals surface area contributed by atoms with Crippen molar-refractivity contribution in [2.75, 3.05) is 19.6 Å². The van der Waals surface area contributed by atoms with Crippen LogP contribution in [0.2, 0.25) is 0 Å². The summed E-state index contributed by atoms with van der Waals surface area (Å²) in [5.74, 6) is 1.17. The van der Waals surface area contributed by atoms with E-state index in [1.807, 2.05) is 0 Å². The van der Waals surface area contributed by atoms with Crippen molar-refractivity contribution < 1.29 is 0 Å². The average Bonchev–Trinajstić information content (AvgIpc) is 2.35. The van der Waals surface area contributed by atoms with Gasteiger partial charge in [0.05, 0.1) is 0 Å². The molecule has 0 aliphatic carbocycles. The van der Waals surface area contributed by atoms with E-state index < -0.39 is 0 Å². The van der Waals surface area contributed by atoms with E-state index in [2.05, 4.69) is 51.2 Å². The molecule has 3 N–H and O–H groups in total. The van der Waals surface area contributed by atoms with Crippen LogP contribution in [0.3, 0.4) is 0 Å². The van der Waals surface area contributed by atoms with E-state index >= 15 is 0 Å². The summed E-state index contributed by atoms with van der Waals surface area (Å²) < 4.78 is 0. The highest BCUT2D eigenvalue weighted by atomic mass is 14.9. The zero-order chi connectivity index (χ0) is 13.5. The monoisotopic (exact) mass is 248 g/mol. The lowest BCUT2D eigenvalue weighted by atomic mass is 9.96. The molecule has 0 bridgehead atoms.